The first-order chi connectivity index (χ1) is 12.1. The van der Waals surface area contributed by atoms with Crippen LogP contribution >= 0.6 is 11.6 Å². The molecule has 0 atom stereocenters. The van der Waals surface area contributed by atoms with Crippen LogP contribution in [0.5, 0.6) is 5.75 Å². The summed E-state index contributed by atoms with van der Waals surface area (Å²) in [6, 6.07) is 8.05. The fourth-order valence-electron chi connectivity index (χ4n) is 2.13. The van der Waals surface area contributed by atoms with Crippen LogP contribution in [0.2, 0.25) is 5.02 Å². The predicted molar refractivity (Wildman–Crippen MR) is 101 cm³/mol. The van der Waals surface area contributed by atoms with Crippen molar-refractivity contribution in [1.29, 1.82) is 0 Å². The summed E-state index contributed by atoms with van der Waals surface area (Å²) in [5.41, 5.74) is 0.485. The van der Waals surface area contributed by atoms with Crippen molar-refractivity contribution in [3.63, 3.8) is 0 Å². The predicted octanol–water partition coefficient (Wildman–Crippen LogP) is 2.10. The Balaban J connectivity index is 2.48. The minimum atomic E-state index is -4.01. The Labute approximate surface area is 157 Å². The van der Waals surface area contributed by atoms with Crippen LogP contribution in [0.25, 0.3) is 0 Å². The molecule has 0 aliphatic rings. The molecule has 0 fully saturated rings. The topological polar surface area (TPSA) is 114 Å². The second-order valence-corrected chi connectivity index (χ2v) is 9.04. The number of rotatable bonds is 7. The third-order valence-corrected chi connectivity index (χ3v) is 6.59. The maximum absolute atomic E-state index is 12.6. The van der Waals surface area contributed by atoms with E-state index in [1.807, 2.05) is 0 Å². The van der Waals surface area contributed by atoms with Gasteiger partial charge in [0.25, 0.3) is 10.0 Å². The zero-order valence-corrected chi connectivity index (χ0v) is 16.6. The monoisotopic (exact) mass is 419 g/mol. The molecule has 2 aromatic rings. The highest BCUT2D eigenvalue weighted by molar-refractivity contribution is 7.92. The second-order valence-electron chi connectivity index (χ2n) is 5.07. The fraction of sp³-hybridized carbons (Fsp3) is 0.200. The van der Waals surface area contributed by atoms with Gasteiger partial charge in [0.1, 0.15) is 5.75 Å². The molecule has 2 rings (SSSR count). The van der Waals surface area contributed by atoms with Crippen LogP contribution in [0.15, 0.2) is 46.2 Å². The van der Waals surface area contributed by atoms with Gasteiger partial charge < -0.3 is 10.1 Å². The first-order valence-electron chi connectivity index (χ1n) is 7.26. The minimum absolute atomic E-state index is 0.0792. The number of benzene rings is 2. The molecule has 142 valence electrons. The molecule has 2 aromatic carbocycles. The Bertz CT molecular complexity index is 1020. The first kappa shape index (κ1) is 20.3. The van der Waals surface area contributed by atoms with Crippen molar-refractivity contribution in [1.82, 2.24) is 4.72 Å². The number of hydrogen-bond acceptors (Lipinski definition) is 6. The maximum Gasteiger partial charge on any atom is 0.262 e. The Morgan fingerprint density at radius 1 is 0.885 bits per heavy atom. The Morgan fingerprint density at radius 3 is 2.04 bits per heavy atom. The van der Waals surface area contributed by atoms with E-state index in [9.17, 15) is 16.8 Å². The second kappa shape index (κ2) is 7.70. The van der Waals surface area contributed by atoms with E-state index in [0.29, 0.717) is 11.4 Å². The van der Waals surface area contributed by atoms with Crippen molar-refractivity contribution in [3.8, 4) is 5.75 Å². The average Bonchev–Trinajstić information content (AvgIpc) is 2.61. The standard InChI is InChI=1S/C15H18ClN3O5S2/c1-17-13-6-4-11(25(20,21)18-2)9-14(13)19-26(22,23)10-5-7-15(24-3)12(16)8-10/h4-9,17-19H,1-3H3. The van der Waals surface area contributed by atoms with E-state index in [2.05, 4.69) is 14.8 Å². The molecule has 0 saturated carbocycles. The normalized spacial score (nSPS) is 11.8. The number of hydrogen-bond donors (Lipinski definition) is 3. The summed E-state index contributed by atoms with van der Waals surface area (Å²) < 4.78 is 58.8. The highest BCUT2D eigenvalue weighted by Gasteiger charge is 2.20. The lowest BCUT2D eigenvalue weighted by Crippen LogP contribution is -2.19. The molecule has 11 heteroatoms. The van der Waals surface area contributed by atoms with Crippen molar-refractivity contribution in [3.05, 3.63) is 41.4 Å². The molecule has 0 bridgehead atoms. The Hall–Kier alpha value is -2.01. The van der Waals surface area contributed by atoms with Crippen LogP contribution in [0, 0.1) is 0 Å². The molecule has 3 N–H and O–H groups in total. The van der Waals surface area contributed by atoms with E-state index < -0.39 is 20.0 Å². The van der Waals surface area contributed by atoms with Crippen molar-refractivity contribution >= 4 is 43.0 Å². The van der Waals surface area contributed by atoms with Crippen molar-refractivity contribution in [2.75, 3.05) is 31.2 Å². The van der Waals surface area contributed by atoms with Gasteiger partial charge in [0, 0.05) is 7.05 Å². The average molecular weight is 420 g/mol. The summed E-state index contributed by atoms with van der Waals surface area (Å²) in [7, 11) is -3.47. The molecule has 0 aromatic heterocycles. The molecule has 8 nitrogen and oxygen atoms in total. The summed E-state index contributed by atoms with van der Waals surface area (Å²) in [5, 5.41) is 2.94. The Kier molecular flexibility index (Phi) is 6.02. The van der Waals surface area contributed by atoms with Gasteiger partial charge in [0.15, 0.2) is 0 Å². The van der Waals surface area contributed by atoms with E-state index in [1.165, 1.54) is 50.6 Å². The number of sulfonamides is 2. The summed E-state index contributed by atoms with van der Waals surface area (Å²) in [4.78, 5) is -0.170. The van der Waals surface area contributed by atoms with Gasteiger partial charge >= 0.3 is 0 Å². The van der Waals surface area contributed by atoms with Crippen LogP contribution in [0.1, 0.15) is 0 Å². The number of ether oxygens (including phenoxy) is 1. The fourth-order valence-corrected chi connectivity index (χ4v) is 4.30. The van der Waals surface area contributed by atoms with Crippen molar-refractivity contribution in [2.45, 2.75) is 9.79 Å². The third-order valence-electron chi connectivity index (χ3n) is 3.52. The molecule has 0 spiro atoms. The number of nitrogens with one attached hydrogen (secondary N) is 3. The molecule has 0 radical (unpaired) electrons. The first-order valence-corrected chi connectivity index (χ1v) is 10.6. The molecule has 0 amide bonds. The van der Waals surface area contributed by atoms with Gasteiger partial charge in [-0.3, -0.25) is 4.72 Å². The summed E-state index contributed by atoms with van der Waals surface area (Å²) in [5.74, 6) is 0.337. The molecule has 0 saturated heterocycles. The zero-order valence-electron chi connectivity index (χ0n) is 14.2. The van der Waals surface area contributed by atoms with Gasteiger partial charge in [0.05, 0.1) is 33.3 Å². The van der Waals surface area contributed by atoms with Crippen LogP contribution in [0.4, 0.5) is 11.4 Å². The van der Waals surface area contributed by atoms with E-state index in [1.54, 1.807) is 7.05 Å². The van der Waals surface area contributed by atoms with Gasteiger partial charge in [0.2, 0.25) is 10.0 Å². The van der Waals surface area contributed by atoms with Crippen LogP contribution in [-0.4, -0.2) is 38.0 Å². The van der Waals surface area contributed by atoms with Gasteiger partial charge in [-0.1, -0.05) is 11.6 Å². The molecular formula is C15H18ClN3O5S2. The van der Waals surface area contributed by atoms with Crippen LogP contribution in [-0.2, 0) is 20.0 Å². The smallest absolute Gasteiger partial charge is 0.262 e. The highest BCUT2D eigenvalue weighted by Crippen LogP contribution is 2.30. The lowest BCUT2D eigenvalue weighted by atomic mass is 10.3. The number of halogens is 1. The zero-order chi connectivity index (χ0) is 19.5. The van der Waals surface area contributed by atoms with Gasteiger partial charge in [-0.2, -0.15) is 0 Å². The lowest BCUT2D eigenvalue weighted by Gasteiger charge is -2.14. The highest BCUT2D eigenvalue weighted by atomic mass is 35.5. The Morgan fingerprint density at radius 2 is 1.50 bits per heavy atom. The van der Waals surface area contributed by atoms with E-state index >= 15 is 0 Å². The molecule has 0 unspecified atom stereocenters. The number of methoxy groups -OCH3 is 1. The molecule has 0 aliphatic heterocycles. The van der Waals surface area contributed by atoms with Crippen LogP contribution in [0.3, 0.4) is 0 Å². The molecule has 0 aliphatic carbocycles. The quantitative estimate of drug-likeness (QED) is 0.633. The van der Waals surface area contributed by atoms with E-state index in [-0.39, 0.29) is 20.5 Å². The maximum atomic E-state index is 12.6. The van der Waals surface area contributed by atoms with Crippen molar-refractivity contribution in [2.24, 2.45) is 0 Å². The van der Waals surface area contributed by atoms with Gasteiger partial charge in [-0.15, -0.1) is 0 Å². The minimum Gasteiger partial charge on any atom is -0.495 e. The van der Waals surface area contributed by atoms with Gasteiger partial charge in [-0.25, -0.2) is 21.6 Å². The number of anilines is 2. The lowest BCUT2D eigenvalue weighted by molar-refractivity contribution is 0.414. The summed E-state index contributed by atoms with van der Waals surface area (Å²) in [6.45, 7) is 0. The van der Waals surface area contributed by atoms with Crippen molar-refractivity contribution < 1.29 is 21.6 Å². The third kappa shape index (κ3) is 4.21. The molecule has 26 heavy (non-hydrogen) atoms. The molecule has 0 heterocycles. The summed E-state index contributed by atoms with van der Waals surface area (Å²) >= 11 is 5.98. The van der Waals surface area contributed by atoms with E-state index in [4.69, 9.17) is 16.3 Å². The SMILES string of the molecule is CNc1ccc(S(=O)(=O)NC)cc1NS(=O)(=O)c1ccc(OC)c(Cl)c1. The van der Waals surface area contributed by atoms with Gasteiger partial charge in [-0.05, 0) is 43.4 Å². The largest absolute Gasteiger partial charge is 0.495 e. The summed E-state index contributed by atoms with van der Waals surface area (Å²) in [6.07, 6.45) is 0. The van der Waals surface area contributed by atoms with Crippen LogP contribution < -0.4 is 19.5 Å². The van der Waals surface area contributed by atoms with E-state index in [0.717, 1.165) is 0 Å². The molecular weight excluding hydrogens is 402 g/mol.